The molecule has 9 heteroatoms. The number of urea groups is 1. The molecule has 3 aromatic rings. The number of aromatic nitrogens is 5. The Bertz CT molecular complexity index is 980. The molecule has 0 spiro atoms. The van der Waals surface area contributed by atoms with Crippen LogP contribution in [0.4, 0.5) is 10.5 Å². The molecule has 1 atom stereocenters. The molecule has 2 aromatic heterocycles. The van der Waals surface area contributed by atoms with E-state index < -0.39 is 0 Å². The van der Waals surface area contributed by atoms with E-state index in [1.54, 1.807) is 4.68 Å². The van der Waals surface area contributed by atoms with Gasteiger partial charge in [0.15, 0.2) is 0 Å². The van der Waals surface area contributed by atoms with Crippen LogP contribution in [-0.4, -0.2) is 42.8 Å². The minimum absolute atomic E-state index is 0.0738. The molecular weight excluding hydrogens is 358 g/mol. The fourth-order valence-electron chi connectivity index (χ4n) is 3.59. The Labute approximate surface area is 162 Å². The van der Waals surface area contributed by atoms with Crippen molar-refractivity contribution >= 4 is 11.7 Å². The van der Waals surface area contributed by atoms with Gasteiger partial charge in [0.2, 0.25) is 0 Å². The summed E-state index contributed by atoms with van der Waals surface area (Å²) in [7, 11) is 0. The first kappa shape index (κ1) is 18.1. The van der Waals surface area contributed by atoms with Gasteiger partial charge in [-0.3, -0.25) is 0 Å². The third kappa shape index (κ3) is 3.47. The summed E-state index contributed by atoms with van der Waals surface area (Å²) in [4.78, 5) is 15.0. The maximum absolute atomic E-state index is 13.1. The summed E-state index contributed by atoms with van der Waals surface area (Å²) in [5.41, 5.74) is 4.41. The maximum atomic E-state index is 13.1. The van der Waals surface area contributed by atoms with Crippen molar-refractivity contribution in [2.45, 2.75) is 46.1 Å². The number of nitrogens with one attached hydrogen (secondary N) is 1. The zero-order chi connectivity index (χ0) is 19.7. The smallest absolute Gasteiger partial charge is 0.322 e. The fraction of sp³-hybridized carbons (Fsp3) is 0.421. The molecule has 0 bridgehead atoms. The third-order valence-corrected chi connectivity index (χ3v) is 5.26. The van der Waals surface area contributed by atoms with Crippen LogP contribution < -0.4 is 5.32 Å². The number of aryl methyl sites for hydroxylation is 2. The summed E-state index contributed by atoms with van der Waals surface area (Å²) < 4.78 is 6.80. The van der Waals surface area contributed by atoms with E-state index >= 15 is 0 Å². The summed E-state index contributed by atoms with van der Waals surface area (Å²) >= 11 is 0. The zero-order valence-electron chi connectivity index (χ0n) is 16.2. The van der Waals surface area contributed by atoms with E-state index in [0.29, 0.717) is 6.54 Å². The molecule has 0 aliphatic carbocycles. The second-order valence-electron chi connectivity index (χ2n) is 7.19. The monoisotopic (exact) mass is 381 g/mol. The number of hydrogen-bond donors (Lipinski definition) is 1. The first-order chi connectivity index (χ1) is 13.5. The fourth-order valence-corrected chi connectivity index (χ4v) is 3.59. The van der Waals surface area contributed by atoms with Gasteiger partial charge in [-0.05, 0) is 73.7 Å². The van der Waals surface area contributed by atoms with Crippen LogP contribution >= 0.6 is 0 Å². The molecule has 1 N–H and O–H groups in total. The van der Waals surface area contributed by atoms with Gasteiger partial charge in [-0.25, -0.2) is 9.48 Å². The number of nitrogens with zero attached hydrogens (tertiary/aromatic N) is 6. The number of tetrazole rings is 1. The average molecular weight is 381 g/mol. The largest absolute Gasteiger partial charge is 0.361 e. The predicted molar refractivity (Wildman–Crippen MR) is 102 cm³/mol. The van der Waals surface area contributed by atoms with Gasteiger partial charge in [-0.1, -0.05) is 5.16 Å². The number of amides is 2. The molecule has 4 rings (SSSR count). The first-order valence-corrected chi connectivity index (χ1v) is 9.38. The Morgan fingerprint density at radius 2 is 2.07 bits per heavy atom. The minimum Gasteiger partial charge on any atom is -0.361 e. The topological polar surface area (TPSA) is 102 Å². The molecule has 1 unspecified atom stereocenters. The summed E-state index contributed by atoms with van der Waals surface area (Å²) in [6.45, 7) is 6.54. The number of carbonyl (C=O) groups is 1. The van der Waals surface area contributed by atoms with Crippen LogP contribution in [0.5, 0.6) is 0 Å². The summed E-state index contributed by atoms with van der Waals surface area (Å²) in [5.74, 6) is 0.751. The molecule has 3 heterocycles. The van der Waals surface area contributed by atoms with E-state index in [1.807, 2.05) is 43.9 Å². The van der Waals surface area contributed by atoms with Crippen LogP contribution in [0.25, 0.3) is 5.69 Å². The van der Waals surface area contributed by atoms with Gasteiger partial charge in [-0.2, -0.15) is 0 Å². The Kier molecular flexibility index (Phi) is 4.81. The lowest BCUT2D eigenvalue weighted by atomic mass is 9.99. The van der Waals surface area contributed by atoms with Gasteiger partial charge in [0.05, 0.1) is 11.7 Å². The lowest BCUT2D eigenvalue weighted by Crippen LogP contribution is -2.41. The van der Waals surface area contributed by atoms with Crippen LogP contribution in [0.2, 0.25) is 0 Å². The van der Waals surface area contributed by atoms with E-state index in [0.717, 1.165) is 53.2 Å². The van der Waals surface area contributed by atoms with E-state index in [-0.39, 0.29) is 12.1 Å². The summed E-state index contributed by atoms with van der Waals surface area (Å²) in [6.07, 6.45) is 4.45. The van der Waals surface area contributed by atoms with Gasteiger partial charge in [0.25, 0.3) is 0 Å². The van der Waals surface area contributed by atoms with Crippen molar-refractivity contribution in [3.8, 4) is 5.69 Å². The predicted octanol–water partition coefficient (Wildman–Crippen LogP) is 3.33. The molecule has 1 aliphatic heterocycles. The number of rotatable bonds is 3. The van der Waals surface area contributed by atoms with Crippen molar-refractivity contribution in [2.24, 2.45) is 0 Å². The molecule has 9 nitrogen and oxygen atoms in total. The van der Waals surface area contributed by atoms with Gasteiger partial charge in [-0.15, -0.1) is 5.10 Å². The highest BCUT2D eigenvalue weighted by Gasteiger charge is 2.30. The number of likely N-dealkylation sites (tertiary alicyclic amines) is 1. The number of anilines is 1. The molecule has 1 aromatic carbocycles. The number of carbonyl (C=O) groups excluding carboxylic acids is 1. The van der Waals surface area contributed by atoms with Crippen LogP contribution in [0.3, 0.4) is 0 Å². The molecular formula is C19H23N7O2. The second-order valence-corrected chi connectivity index (χ2v) is 7.19. The Morgan fingerprint density at radius 1 is 1.21 bits per heavy atom. The van der Waals surface area contributed by atoms with Crippen LogP contribution in [0.1, 0.15) is 47.9 Å². The van der Waals surface area contributed by atoms with Gasteiger partial charge < -0.3 is 14.7 Å². The molecule has 2 amide bonds. The molecule has 1 aliphatic rings. The van der Waals surface area contributed by atoms with E-state index in [2.05, 4.69) is 26.0 Å². The second kappa shape index (κ2) is 7.41. The highest BCUT2D eigenvalue weighted by Crippen LogP contribution is 2.32. The van der Waals surface area contributed by atoms with Gasteiger partial charge in [0, 0.05) is 18.3 Å². The number of hydrogen-bond acceptors (Lipinski definition) is 6. The van der Waals surface area contributed by atoms with Crippen LogP contribution in [-0.2, 0) is 0 Å². The quantitative estimate of drug-likeness (QED) is 0.746. The number of piperidine rings is 1. The summed E-state index contributed by atoms with van der Waals surface area (Å²) in [5, 5.41) is 18.5. The highest BCUT2D eigenvalue weighted by molar-refractivity contribution is 5.91. The van der Waals surface area contributed by atoms with Crippen molar-refractivity contribution in [3.63, 3.8) is 0 Å². The van der Waals surface area contributed by atoms with Crippen molar-refractivity contribution < 1.29 is 9.32 Å². The molecule has 0 saturated carbocycles. The molecule has 1 fully saturated rings. The Morgan fingerprint density at radius 3 is 2.79 bits per heavy atom. The van der Waals surface area contributed by atoms with Crippen molar-refractivity contribution in [1.29, 1.82) is 0 Å². The lowest BCUT2D eigenvalue weighted by molar-refractivity contribution is 0.159. The zero-order valence-corrected chi connectivity index (χ0v) is 16.2. The first-order valence-electron chi connectivity index (χ1n) is 9.38. The van der Waals surface area contributed by atoms with E-state index in [1.165, 1.54) is 6.33 Å². The molecule has 0 radical (unpaired) electrons. The van der Waals surface area contributed by atoms with Crippen LogP contribution in [0.15, 0.2) is 29.0 Å². The Hall–Kier alpha value is -3.23. The van der Waals surface area contributed by atoms with Gasteiger partial charge >= 0.3 is 6.03 Å². The van der Waals surface area contributed by atoms with Gasteiger partial charge in [0.1, 0.15) is 17.8 Å². The molecule has 28 heavy (non-hydrogen) atoms. The number of benzene rings is 1. The van der Waals surface area contributed by atoms with Crippen LogP contribution in [0, 0.1) is 20.8 Å². The maximum Gasteiger partial charge on any atom is 0.322 e. The average Bonchev–Trinajstić information content (AvgIpc) is 3.37. The third-order valence-electron chi connectivity index (χ3n) is 5.26. The van der Waals surface area contributed by atoms with Crippen molar-refractivity contribution in [3.05, 3.63) is 47.1 Å². The lowest BCUT2D eigenvalue weighted by Gasteiger charge is -2.34. The molecule has 1 saturated heterocycles. The normalized spacial score (nSPS) is 17.0. The SMILES string of the molecule is Cc1cc(C2CCCCN2C(=O)Nc2cc(-n3cnnn3)cc(C)c2C)no1. The van der Waals surface area contributed by atoms with Crippen molar-refractivity contribution in [2.75, 3.05) is 11.9 Å². The minimum atomic E-state index is -0.137. The molecule has 146 valence electrons. The highest BCUT2D eigenvalue weighted by atomic mass is 16.5. The Balaban J connectivity index is 1.60. The van der Waals surface area contributed by atoms with Crippen molar-refractivity contribution in [1.82, 2.24) is 30.3 Å². The summed E-state index contributed by atoms with van der Waals surface area (Å²) in [6, 6.07) is 5.57. The van der Waals surface area contributed by atoms with E-state index in [4.69, 9.17) is 4.52 Å². The van der Waals surface area contributed by atoms with E-state index in [9.17, 15) is 4.79 Å². The standard InChI is InChI=1S/C19H23N7O2/c1-12-8-15(26-11-20-23-24-26)10-16(14(12)3)21-19(27)25-7-5-4-6-18(25)17-9-13(2)28-22-17/h8-11,18H,4-7H2,1-3H3,(H,21,27).